The van der Waals surface area contributed by atoms with Crippen molar-refractivity contribution in [2.24, 2.45) is 0 Å². The summed E-state index contributed by atoms with van der Waals surface area (Å²) >= 11 is 5.88. The molecule has 2 amide bonds. The molecule has 142 valence electrons. The van der Waals surface area contributed by atoms with Crippen LogP contribution in [0.5, 0.6) is 5.75 Å². The maximum atomic E-state index is 12.3. The molecular weight excluding hydrogens is 370 g/mol. The number of hydrogen-bond donors (Lipinski definition) is 4. The zero-order chi connectivity index (χ0) is 19.4. The highest BCUT2D eigenvalue weighted by molar-refractivity contribution is 6.30. The van der Waals surface area contributed by atoms with E-state index in [1.54, 1.807) is 6.07 Å². The number of anilines is 1. The number of benzene rings is 1. The SMILES string of the molecule is O=C(Cc1cc(Cl)ccc1O)Nc1ccnc(C(=O)NC2CCC(O)C2)c1. The molecule has 27 heavy (non-hydrogen) atoms. The van der Waals surface area contributed by atoms with Gasteiger partial charge in [0.25, 0.3) is 5.91 Å². The molecule has 1 heterocycles. The van der Waals surface area contributed by atoms with Crippen LogP contribution in [-0.2, 0) is 11.2 Å². The van der Waals surface area contributed by atoms with Crippen molar-refractivity contribution >= 4 is 29.1 Å². The molecule has 2 unspecified atom stereocenters. The number of phenols is 1. The number of phenolic OH excluding ortho intramolecular Hbond substituents is 1. The second-order valence-electron chi connectivity index (χ2n) is 6.57. The van der Waals surface area contributed by atoms with E-state index in [-0.39, 0.29) is 41.8 Å². The Morgan fingerprint density at radius 1 is 1.22 bits per heavy atom. The smallest absolute Gasteiger partial charge is 0.270 e. The van der Waals surface area contributed by atoms with E-state index >= 15 is 0 Å². The van der Waals surface area contributed by atoms with E-state index in [1.165, 1.54) is 30.5 Å². The van der Waals surface area contributed by atoms with Crippen molar-refractivity contribution in [1.29, 1.82) is 0 Å². The lowest BCUT2D eigenvalue weighted by molar-refractivity contribution is -0.115. The molecule has 8 heteroatoms. The van der Waals surface area contributed by atoms with Gasteiger partial charge in [0.1, 0.15) is 11.4 Å². The van der Waals surface area contributed by atoms with Crippen molar-refractivity contribution in [3.8, 4) is 5.75 Å². The van der Waals surface area contributed by atoms with Crippen LogP contribution >= 0.6 is 11.6 Å². The summed E-state index contributed by atoms with van der Waals surface area (Å²) in [5.41, 5.74) is 1.01. The van der Waals surface area contributed by atoms with Crippen molar-refractivity contribution in [1.82, 2.24) is 10.3 Å². The van der Waals surface area contributed by atoms with Crippen LogP contribution in [0.25, 0.3) is 0 Å². The number of aromatic hydroxyl groups is 1. The predicted molar refractivity (Wildman–Crippen MR) is 101 cm³/mol. The molecule has 0 aliphatic heterocycles. The van der Waals surface area contributed by atoms with Gasteiger partial charge < -0.3 is 20.8 Å². The quantitative estimate of drug-likeness (QED) is 0.626. The van der Waals surface area contributed by atoms with E-state index in [1.807, 2.05) is 0 Å². The number of hydrogen-bond acceptors (Lipinski definition) is 5. The Labute approximate surface area is 161 Å². The first-order valence-electron chi connectivity index (χ1n) is 8.63. The molecular formula is C19H20ClN3O4. The fourth-order valence-corrected chi connectivity index (χ4v) is 3.25. The molecule has 0 saturated heterocycles. The van der Waals surface area contributed by atoms with Gasteiger partial charge in [-0.05, 0) is 49.6 Å². The van der Waals surface area contributed by atoms with Gasteiger partial charge in [-0.15, -0.1) is 0 Å². The number of amides is 2. The highest BCUT2D eigenvalue weighted by atomic mass is 35.5. The molecule has 1 aliphatic carbocycles. The van der Waals surface area contributed by atoms with Crippen LogP contribution < -0.4 is 10.6 Å². The number of halogens is 1. The van der Waals surface area contributed by atoms with Crippen molar-refractivity contribution in [3.05, 3.63) is 52.8 Å². The molecule has 0 spiro atoms. The molecule has 7 nitrogen and oxygen atoms in total. The van der Waals surface area contributed by atoms with Gasteiger partial charge in [-0.1, -0.05) is 11.6 Å². The average Bonchev–Trinajstić information content (AvgIpc) is 3.03. The normalized spacial score (nSPS) is 18.9. The van der Waals surface area contributed by atoms with Gasteiger partial charge in [-0.3, -0.25) is 14.6 Å². The minimum absolute atomic E-state index is 0.0110. The standard InChI is InChI=1S/C19H20ClN3O4/c20-12-1-4-17(25)11(7-12)8-18(26)22-14-5-6-21-16(10-14)19(27)23-13-2-3-15(24)9-13/h1,4-7,10,13,15,24-25H,2-3,8-9H2,(H,23,27)(H,21,22,26). The van der Waals surface area contributed by atoms with Gasteiger partial charge in [0, 0.05) is 28.5 Å². The summed E-state index contributed by atoms with van der Waals surface area (Å²) in [6, 6.07) is 7.48. The summed E-state index contributed by atoms with van der Waals surface area (Å²) in [6.45, 7) is 0. The lowest BCUT2D eigenvalue weighted by Gasteiger charge is -2.12. The molecule has 1 saturated carbocycles. The minimum atomic E-state index is -0.378. The van der Waals surface area contributed by atoms with Crippen molar-refractivity contribution in [3.63, 3.8) is 0 Å². The third kappa shape index (κ3) is 5.18. The maximum Gasteiger partial charge on any atom is 0.270 e. The highest BCUT2D eigenvalue weighted by Gasteiger charge is 2.24. The molecule has 1 fully saturated rings. The lowest BCUT2D eigenvalue weighted by atomic mass is 10.1. The number of carbonyl (C=O) groups is 2. The zero-order valence-corrected chi connectivity index (χ0v) is 15.2. The fourth-order valence-electron chi connectivity index (χ4n) is 3.05. The summed E-state index contributed by atoms with van der Waals surface area (Å²) < 4.78 is 0. The van der Waals surface area contributed by atoms with E-state index in [4.69, 9.17) is 11.6 Å². The van der Waals surface area contributed by atoms with Crippen LogP contribution in [0.1, 0.15) is 35.3 Å². The van der Waals surface area contributed by atoms with E-state index < -0.39 is 0 Å². The second kappa shape index (κ2) is 8.37. The van der Waals surface area contributed by atoms with Crippen LogP contribution in [0, 0.1) is 0 Å². The largest absolute Gasteiger partial charge is 0.508 e. The molecule has 1 aliphatic rings. The number of aromatic nitrogens is 1. The first-order chi connectivity index (χ1) is 12.9. The number of pyridine rings is 1. The highest BCUT2D eigenvalue weighted by Crippen LogP contribution is 2.22. The average molecular weight is 390 g/mol. The summed E-state index contributed by atoms with van der Waals surface area (Å²) in [5, 5.41) is 25.3. The third-order valence-electron chi connectivity index (χ3n) is 4.41. The fraction of sp³-hybridized carbons (Fsp3) is 0.316. The third-order valence-corrected chi connectivity index (χ3v) is 4.64. The van der Waals surface area contributed by atoms with Gasteiger partial charge in [0.05, 0.1) is 12.5 Å². The van der Waals surface area contributed by atoms with Gasteiger partial charge in [0.15, 0.2) is 0 Å². The minimum Gasteiger partial charge on any atom is -0.508 e. The van der Waals surface area contributed by atoms with Gasteiger partial charge in [0.2, 0.25) is 5.91 Å². The molecule has 3 rings (SSSR count). The van der Waals surface area contributed by atoms with E-state index in [0.717, 1.165) is 6.42 Å². The maximum absolute atomic E-state index is 12.3. The number of carbonyl (C=O) groups excluding carboxylic acids is 2. The van der Waals surface area contributed by atoms with Crippen LogP contribution in [0.3, 0.4) is 0 Å². The predicted octanol–water partition coefficient (Wildman–Crippen LogP) is 2.26. The number of aliphatic hydroxyl groups is 1. The Morgan fingerprint density at radius 3 is 2.78 bits per heavy atom. The van der Waals surface area contributed by atoms with Crippen molar-refractivity contribution in [2.45, 2.75) is 37.8 Å². The number of nitrogens with one attached hydrogen (secondary N) is 2. The first kappa shape index (κ1) is 19.1. The summed E-state index contributed by atoms with van der Waals surface area (Å²) in [7, 11) is 0. The van der Waals surface area contributed by atoms with Crippen LogP contribution in [0.4, 0.5) is 5.69 Å². The molecule has 0 bridgehead atoms. The van der Waals surface area contributed by atoms with Crippen LogP contribution in [-0.4, -0.2) is 39.2 Å². The molecule has 2 atom stereocenters. The topological polar surface area (TPSA) is 112 Å². The lowest BCUT2D eigenvalue weighted by Crippen LogP contribution is -2.33. The Morgan fingerprint density at radius 2 is 2.04 bits per heavy atom. The van der Waals surface area contributed by atoms with E-state index in [2.05, 4.69) is 15.6 Å². The van der Waals surface area contributed by atoms with E-state index in [0.29, 0.717) is 29.1 Å². The van der Waals surface area contributed by atoms with Gasteiger partial charge >= 0.3 is 0 Å². The Hall–Kier alpha value is -2.64. The summed E-state index contributed by atoms with van der Waals surface area (Å²) in [5.74, 6) is -0.718. The first-order valence-corrected chi connectivity index (χ1v) is 9.00. The van der Waals surface area contributed by atoms with Gasteiger partial charge in [-0.25, -0.2) is 0 Å². The van der Waals surface area contributed by atoms with Gasteiger partial charge in [-0.2, -0.15) is 0 Å². The number of nitrogens with zero attached hydrogens (tertiary/aromatic N) is 1. The Balaban J connectivity index is 1.62. The van der Waals surface area contributed by atoms with E-state index in [9.17, 15) is 19.8 Å². The van der Waals surface area contributed by atoms with Crippen LogP contribution in [0.15, 0.2) is 36.5 Å². The summed E-state index contributed by atoms with van der Waals surface area (Å²) in [4.78, 5) is 28.6. The second-order valence-corrected chi connectivity index (χ2v) is 7.00. The van der Waals surface area contributed by atoms with Crippen LogP contribution in [0.2, 0.25) is 5.02 Å². The van der Waals surface area contributed by atoms with Crippen molar-refractivity contribution in [2.75, 3.05) is 5.32 Å². The zero-order valence-electron chi connectivity index (χ0n) is 14.5. The van der Waals surface area contributed by atoms with Crippen molar-refractivity contribution < 1.29 is 19.8 Å². The summed E-state index contributed by atoms with van der Waals surface area (Å²) in [6.07, 6.45) is 2.93. The molecule has 1 aromatic heterocycles. The number of aliphatic hydroxyl groups excluding tert-OH is 1. The number of rotatable bonds is 5. The Kier molecular flexibility index (Phi) is 5.93. The Bertz CT molecular complexity index is 859. The monoisotopic (exact) mass is 389 g/mol. The molecule has 4 N–H and O–H groups in total. The molecule has 1 aromatic carbocycles. The molecule has 0 radical (unpaired) electrons. The molecule has 2 aromatic rings.